The number of aliphatic hydroxyl groups excluding tert-OH is 4. The van der Waals surface area contributed by atoms with Gasteiger partial charge in [0.05, 0.1) is 31.9 Å². The number of methoxy groups -OCH3 is 2. The summed E-state index contributed by atoms with van der Waals surface area (Å²) in [7, 11) is 2.99. The van der Waals surface area contributed by atoms with E-state index in [1.165, 1.54) is 7.11 Å². The van der Waals surface area contributed by atoms with E-state index in [0.29, 0.717) is 29.7 Å². The van der Waals surface area contributed by atoms with Crippen LogP contribution < -0.4 is 10.1 Å². The van der Waals surface area contributed by atoms with Crippen molar-refractivity contribution in [2.75, 3.05) is 20.8 Å². The zero-order chi connectivity index (χ0) is 29.7. The summed E-state index contributed by atoms with van der Waals surface area (Å²) in [6.45, 7) is 2.11. The van der Waals surface area contributed by atoms with Gasteiger partial charge in [0, 0.05) is 30.6 Å². The first kappa shape index (κ1) is 31.0. The first-order chi connectivity index (χ1) is 19.7. The molecule has 0 bridgehead atoms. The Hall–Kier alpha value is -2.96. The highest BCUT2D eigenvalue weighted by Crippen LogP contribution is 2.43. The van der Waals surface area contributed by atoms with E-state index >= 15 is 0 Å². The number of fused-ring (bicyclic) bond motifs is 1. The Bertz CT molecular complexity index is 1230. The molecular weight excluding hydrogens is 532 g/mol. The maximum Gasteiger partial charge on any atom is 0.305 e. The topological polar surface area (TPSA) is 160 Å². The fourth-order valence-corrected chi connectivity index (χ4v) is 6.29. The van der Waals surface area contributed by atoms with Gasteiger partial charge in [0.1, 0.15) is 30.1 Å². The van der Waals surface area contributed by atoms with Crippen molar-refractivity contribution in [2.45, 2.75) is 76.2 Å². The van der Waals surface area contributed by atoms with Crippen molar-refractivity contribution in [1.82, 2.24) is 9.88 Å². The van der Waals surface area contributed by atoms with Gasteiger partial charge in [0.2, 0.25) is 0 Å². The summed E-state index contributed by atoms with van der Waals surface area (Å²) in [6, 6.07) is 4.10. The number of carbonyl (C=O) groups is 2. The number of nitrogens with zero attached hydrogens (tertiary/aromatic N) is 1. The fourth-order valence-electron chi connectivity index (χ4n) is 6.29. The van der Waals surface area contributed by atoms with Crippen LogP contribution in [0.15, 0.2) is 36.5 Å². The van der Waals surface area contributed by atoms with E-state index in [4.69, 9.17) is 14.2 Å². The second-order valence-electron chi connectivity index (χ2n) is 11.0. The molecule has 226 valence electrons. The molecule has 4 rings (SSSR count). The molecule has 2 fully saturated rings. The lowest BCUT2D eigenvalue weighted by molar-refractivity contribution is -0.252. The average Bonchev–Trinajstić information content (AvgIpc) is 3.53. The van der Waals surface area contributed by atoms with Gasteiger partial charge in [0.15, 0.2) is 6.29 Å². The summed E-state index contributed by atoms with van der Waals surface area (Å²) in [5.74, 6) is 0.592. The van der Waals surface area contributed by atoms with Crippen molar-refractivity contribution < 1.29 is 44.2 Å². The van der Waals surface area contributed by atoms with Crippen LogP contribution in [0.1, 0.15) is 49.4 Å². The predicted octanol–water partition coefficient (Wildman–Crippen LogP) is 1.74. The molecule has 0 spiro atoms. The van der Waals surface area contributed by atoms with Crippen molar-refractivity contribution >= 4 is 22.8 Å². The van der Waals surface area contributed by atoms with Crippen molar-refractivity contribution in [3.63, 3.8) is 0 Å². The molecule has 5 N–H and O–H groups in total. The highest BCUT2D eigenvalue weighted by atomic mass is 16.6. The third kappa shape index (κ3) is 6.76. The average molecular weight is 575 g/mol. The van der Waals surface area contributed by atoms with Crippen LogP contribution in [-0.2, 0) is 20.8 Å². The molecule has 11 heteroatoms. The van der Waals surface area contributed by atoms with Crippen LogP contribution in [-0.4, -0.2) is 88.3 Å². The lowest BCUT2D eigenvalue weighted by Crippen LogP contribution is -2.64. The third-order valence-electron chi connectivity index (χ3n) is 8.55. The predicted molar refractivity (Wildman–Crippen MR) is 150 cm³/mol. The van der Waals surface area contributed by atoms with E-state index in [0.717, 1.165) is 31.2 Å². The number of aromatic nitrogens is 1. The first-order valence-electron chi connectivity index (χ1n) is 14.2. The Morgan fingerprint density at radius 3 is 2.56 bits per heavy atom. The van der Waals surface area contributed by atoms with E-state index in [1.807, 2.05) is 10.6 Å². The Morgan fingerprint density at radius 1 is 1.12 bits per heavy atom. The number of carbonyl (C=O) groups excluding carboxylic acids is 2. The van der Waals surface area contributed by atoms with Crippen LogP contribution in [0.3, 0.4) is 0 Å². The molecule has 41 heavy (non-hydrogen) atoms. The van der Waals surface area contributed by atoms with Crippen LogP contribution in [0.5, 0.6) is 5.75 Å². The number of nitrogens with one attached hydrogen (secondary N) is 1. The number of esters is 1. The van der Waals surface area contributed by atoms with Crippen LogP contribution in [0.2, 0.25) is 0 Å². The quantitative estimate of drug-likeness (QED) is 0.199. The molecule has 1 aliphatic heterocycles. The second-order valence-corrected chi connectivity index (χ2v) is 11.0. The summed E-state index contributed by atoms with van der Waals surface area (Å²) in [6.07, 6.45) is 4.26. The van der Waals surface area contributed by atoms with Crippen molar-refractivity contribution in [2.24, 2.45) is 17.8 Å². The first-order valence-corrected chi connectivity index (χ1v) is 14.2. The highest BCUT2D eigenvalue weighted by Gasteiger charge is 2.44. The molecule has 2 aliphatic rings. The van der Waals surface area contributed by atoms with Gasteiger partial charge in [-0.2, -0.15) is 0 Å². The Morgan fingerprint density at radius 2 is 1.88 bits per heavy atom. The van der Waals surface area contributed by atoms with Crippen LogP contribution in [0.25, 0.3) is 10.9 Å². The molecule has 0 radical (unpaired) electrons. The maximum atomic E-state index is 13.5. The normalized spacial score (nSPS) is 30.1. The minimum atomic E-state index is -1.62. The lowest BCUT2D eigenvalue weighted by atomic mass is 9.84. The minimum Gasteiger partial charge on any atom is -0.497 e. The molecular formula is C30H42N2O9. The van der Waals surface area contributed by atoms with Gasteiger partial charge in [-0.25, -0.2) is 0 Å². The van der Waals surface area contributed by atoms with Crippen LogP contribution in [0.4, 0.5) is 0 Å². The van der Waals surface area contributed by atoms with E-state index in [9.17, 15) is 30.0 Å². The number of benzene rings is 1. The van der Waals surface area contributed by atoms with Crippen molar-refractivity contribution in [3.05, 3.63) is 42.1 Å². The highest BCUT2D eigenvalue weighted by molar-refractivity contribution is 6.07. The summed E-state index contributed by atoms with van der Waals surface area (Å²) < 4.78 is 17.6. The third-order valence-corrected chi connectivity index (χ3v) is 8.55. The standard InChI is InChI=1S/C30H42N2O9/c1-4-5-6-7-20-17(12-25(34)40-3)8-9-18(20)14-32-15-22(21-11-10-19(39-2)13-23(21)32)29(37)31-26-28(36)27(35)24(16-33)41-30(26)38/h5-6,10-11,13,15,17-18,20,24,26-28,30,33,35-36,38H,4,7-9,12,14,16H2,1-3H3,(H,31,37)/b6-5-/t17-,18?,20?,24?,26?,27?,28?,30?/m1/s1. The maximum absolute atomic E-state index is 13.5. The number of aliphatic hydroxyl groups is 4. The van der Waals surface area contributed by atoms with Gasteiger partial charge < -0.3 is 44.5 Å². The van der Waals surface area contributed by atoms with Gasteiger partial charge in [-0.3, -0.25) is 9.59 Å². The van der Waals surface area contributed by atoms with Gasteiger partial charge in [0.25, 0.3) is 5.91 Å². The molecule has 1 saturated heterocycles. The molecule has 1 amide bonds. The summed E-state index contributed by atoms with van der Waals surface area (Å²) >= 11 is 0. The number of rotatable bonds is 11. The Kier molecular flexibility index (Phi) is 10.4. The largest absolute Gasteiger partial charge is 0.497 e. The Balaban J connectivity index is 1.62. The zero-order valence-electron chi connectivity index (χ0n) is 23.8. The summed E-state index contributed by atoms with van der Waals surface area (Å²) in [4.78, 5) is 25.6. The van der Waals surface area contributed by atoms with Crippen molar-refractivity contribution in [3.8, 4) is 5.75 Å². The molecule has 8 atom stereocenters. The minimum absolute atomic E-state index is 0.205. The van der Waals surface area contributed by atoms with Crippen molar-refractivity contribution in [1.29, 1.82) is 0 Å². The van der Waals surface area contributed by atoms with Gasteiger partial charge in [-0.05, 0) is 55.6 Å². The van der Waals surface area contributed by atoms with Gasteiger partial charge in [-0.1, -0.05) is 19.1 Å². The fraction of sp³-hybridized carbons (Fsp3) is 0.600. The van der Waals surface area contributed by atoms with E-state index in [1.54, 1.807) is 25.4 Å². The molecule has 1 aromatic carbocycles. The number of ether oxygens (including phenoxy) is 3. The number of allylic oxidation sites excluding steroid dienone is 2. The second kappa shape index (κ2) is 13.8. The zero-order valence-corrected chi connectivity index (χ0v) is 23.8. The molecule has 1 aromatic heterocycles. The molecule has 1 aliphatic carbocycles. The number of hydrogen-bond donors (Lipinski definition) is 5. The smallest absolute Gasteiger partial charge is 0.305 e. The number of hydrogen-bond acceptors (Lipinski definition) is 9. The molecule has 11 nitrogen and oxygen atoms in total. The molecule has 2 heterocycles. The van der Waals surface area contributed by atoms with Crippen LogP contribution >= 0.6 is 0 Å². The van der Waals surface area contributed by atoms with Gasteiger partial charge >= 0.3 is 5.97 Å². The summed E-state index contributed by atoms with van der Waals surface area (Å²) in [5.41, 5.74) is 1.11. The monoisotopic (exact) mass is 574 g/mol. The van der Waals surface area contributed by atoms with Gasteiger partial charge in [-0.15, -0.1) is 0 Å². The molecule has 2 aromatic rings. The van der Waals surface area contributed by atoms with E-state index in [-0.39, 0.29) is 23.7 Å². The number of amides is 1. The van der Waals surface area contributed by atoms with E-state index in [2.05, 4.69) is 24.4 Å². The van der Waals surface area contributed by atoms with E-state index < -0.39 is 43.2 Å². The Labute approximate surface area is 239 Å². The molecule has 1 saturated carbocycles. The van der Waals surface area contributed by atoms with Crippen LogP contribution in [0, 0.1) is 17.8 Å². The summed E-state index contributed by atoms with van der Waals surface area (Å²) in [5, 5.41) is 43.8. The SMILES string of the molecule is CC/C=C\CC1C(Cn2cc(C(=O)NC3C(O)OC(CO)C(O)C3O)c3ccc(OC)cc32)CC[C@@H]1CC(=O)OC. The molecule has 7 unspecified atom stereocenters. The lowest BCUT2D eigenvalue weighted by Gasteiger charge is -2.40.